The zero-order valence-corrected chi connectivity index (χ0v) is 13.8. The number of anilines is 1. The molecule has 0 aliphatic rings. The first-order chi connectivity index (χ1) is 10.9. The second-order valence-electron chi connectivity index (χ2n) is 5.65. The van der Waals surface area contributed by atoms with Crippen molar-refractivity contribution < 1.29 is 5.11 Å². The van der Waals surface area contributed by atoms with E-state index in [1.54, 1.807) is 7.05 Å². The van der Waals surface area contributed by atoms with Crippen LogP contribution >= 0.6 is 0 Å². The summed E-state index contributed by atoms with van der Waals surface area (Å²) < 4.78 is 2.55. The Morgan fingerprint density at radius 3 is 2.39 bits per heavy atom. The number of para-hydroxylation sites is 1. The molecule has 0 fully saturated rings. The standard InChI is InChI=1S/C17H23N3O3/c1-4-15(21)12-20(13-8-6-5-7-9-13)11-14-10-16(22)19(3)17(23)18(14)2/h5-10,15,21H,4,11-12H2,1-3H3/t15-/m0/s1. The van der Waals surface area contributed by atoms with E-state index in [4.69, 9.17) is 0 Å². The SMILES string of the molecule is CC[C@H](O)CN(Cc1cc(=O)n(C)c(=O)n1C)c1ccccc1. The molecule has 23 heavy (non-hydrogen) atoms. The van der Waals surface area contributed by atoms with Crippen LogP contribution < -0.4 is 16.1 Å². The molecule has 2 rings (SSSR count). The Bertz CT molecular complexity index is 765. The Hall–Kier alpha value is -2.34. The summed E-state index contributed by atoms with van der Waals surface area (Å²) >= 11 is 0. The van der Waals surface area contributed by atoms with Gasteiger partial charge in [-0.2, -0.15) is 0 Å². The maximum absolute atomic E-state index is 12.1. The highest BCUT2D eigenvalue weighted by Gasteiger charge is 2.14. The lowest BCUT2D eigenvalue weighted by atomic mass is 10.2. The van der Waals surface area contributed by atoms with E-state index in [0.717, 1.165) is 10.3 Å². The van der Waals surface area contributed by atoms with Crippen LogP contribution in [-0.2, 0) is 20.6 Å². The zero-order chi connectivity index (χ0) is 17.0. The first kappa shape index (κ1) is 17.0. The van der Waals surface area contributed by atoms with Gasteiger partial charge >= 0.3 is 5.69 Å². The highest BCUT2D eigenvalue weighted by molar-refractivity contribution is 5.46. The van der Waals surface area contributed by atoms with Crippen LogP contribution in [0.3, 0.4) is 0 Å². The number of rotatable bonds is 6. The van der Waals surface area contributed by atoms with Crippen LogP contribution in [0.25, 0.3) is 0 Å². The molecule has 1 heterocycles. The van der Waals surface area contributed by atoms with E-state index in [9.17, 15) is 14.7 Å². The van der Waals surface area contributed by atoms with E-state index < -0.39 is 6.10 Å². The fourth-order valence-electron chi connectivity index (χ4n) is 2.41. The third kappa shape index (κ3) is 3.90. The molecule has 1 aromatic carbocycles. The summed E-state index contributed by atoms with van der Waals surface area (Å²) in [5, 5.41) is 10.0. The average molecular weight is 317 g/mol. The zero-order valence-electron chi connectivity index (χ0n) is 13.8. The van der Waals surface area contributed by atoms with Gasteiger partial charge in [0.15, 0.2) is 0 Å². The molecule has 0 aliphatic carbocycles. The number of nitrogens with zero attached hydrogens (tertiary/aromatic N) is 3. The van der Waals surface area contributed by atoms with Crippen molar-refractivity contribution in [3.8, 4) is 0 Å². The summed E-state index contributed by atoms with van der Waals surface area (Å²) in [5.74, 6) is 0. The summed E-state index contributed by atoms with van der Waals surface area (Å²) in [6, 6.07) is 11.1. The van der Waals surface area contributed by atoms with Crippen molar-refractivity contribution in [2.24, 2.45) is 14.1 Å². The lowest BCUT2D eigenvalue weighted by Gasteiger charge is -2.27. The van der Waals surface area contributed by atoms with E-state index in [1.165, 1.54) is 17.7 Å². The van der Waals surface area contributed by atoms with Gasteiger partial charge in [-0.1, -0.05) is 25.1 Å². The van der Waals surface area contributed by atoms with Gasteiger partial charge in [0.05, 0.1) is 12.6 Å². The summed E-state index contributed by atoms with van der Waals surface area (Å²) in [5.41, 5.74) is 0.877. The Labute approximate surface area is 135 Å². The van der Waals surface area contributed by atoms with Crippen molar-refractivity contribution in [3.05, 3.63) is 62.9 Å². The Kier molecular flexibility index (Phi) is 5.39. The third-order valence-electron chi connectivity index (χ3n) is 4.00. The predicted molar refractivity (Wildman–Crippen MR) is 90.7 cm³/mol. The van der Waals surface area contributed by atoms with E-state index >= 15 is 0 Å². The Balaban J connectivity index is 2.39. The van der Waals surface area contributed by atoms with Gasteiger partial charge in [0, 0.05) is 38.1 Å². The molecular weight excluding hydrogens is 294 g/mol. The van der Waals surface area contributed by atoms with Gasteiger partial charge in [-0.05, 0) is 18.6 Å². The lowest BCUT2D eigenvalue weighted by Crippen LogP contribution is -2.40. The van der Waals surface area contributed by atoms with E-state index in [0.29, 0.717) is 25.2 Å². The Morgan fingerprint density at radius 2 is 1.78 bits per heavy atom. The molecule has 0 saturated carbocycles. The van der Waals surface area contributed by atoms with Crippen LogP contribution in [0, 0.1) is 0 Å². The lowest BCUT2D eigenvalue weighted by molar-refractivity contribution is 0.175. The second kappa shape index (κ2) is 7.28. The molecule has 6 heteroatoms. The molecule has 124 valence electrons. The van der Waals surface area contributed by atoms with Crippen molar-refractivity contribution in [3.63, 3.8) is 0 Å². The summed E-state index contributed by atoms with van der Waals surface area (Å²) in [6.07, 6.45) is 0.164. The van der Waals surface area contributed by atoms with Crippen molar-refractivity contribution in [2.45, 2.75) is 26.0 Å². The number of hydrogen-bond acceptors (Lipinski definition) is 4. The quantitative estimate of drug-likeness (QED) is 0.858. The topological polar surface area (TPSA) is 67.5 Å². The minimum Gasteiger partial charge on any atom is -0.391 e. The van der Waals surface area contributed by atoms with Crippen LogP contribution in [0.2, 0.25) is 0 Å². The van der Waals surface area contributed by atoms with Gasteiger partial charge in [-0.3, -0.25) is 13.9 Å². The van der Waals surface area contributed by atoms with Crippen LogP contribution in [0.1, 0.15) is 19.0 Å². The maximum atomic E-state index is 12.1. The average Bonchev–Trinajstić information content (AvgIpc) is 2.57. The van der Waals surface area contributed by atoms with Crippen LogP contribution in [0.15, 0.2) is 46.0 Å². The molecule has 0 bridgehead atoms. The van der Waals surface area contributed by atoms with Gasteiger partial charge < -0.3 is 10.0 Å². The number of aliphatic hydroxyl groups excluding tert-OH is 1. The molecule has 0 saturated heterocycles. The normalized spacial score (nSPS) is 12.2. The van der Waals surface area contributed by atoms with Gasteiger partial charge in [-0.15, -0.1) is 0 Å². The molecule has 2 aromatic rings. The van der Waals surface area contributed by atoms with Crippen molar-refractivity contribution in [1.82, 2.24) is 9.13 Å². The van der Waals surface area contributed by atoms with Gasteiger partial charge in [0.2, 0.25) is 0 Å². The number of aromatic nitrogens is 2. The molecule has 6 nitrogen and oxygen atoms in total. The van der Waals surface area contributed by atoms with Gasteiger partial charge in [0.25, 0.3) is 5.56 Å². The van der Waals surface area contributed by atoms with E-state index in [2.05, 4.69) is 0 Å². The fourth-order valence-corrected chi connectivity index (χ4v) is 2.41. The van der Waals surface area contributed by atoms with E-state index in [-0.39, 0.29) is 11.2 Å². The number of aliphatic hydroxyl groups is 1. The van der Waals surface area contributed by atoms with Crippen molar-refractivity contribution in [1.29, 1.82) is 0 Å². The summed E-state index contributed by atoms with van der Waals surface area (Å²) in [6.45, 7) is 2.73. The van der Waals surface area contributed by atoms with Crippen molar-refractivity contribution >= 4 is 5.69 Å². The predicted octanol–water partition coefficient (Wildman–Crippen LogP) is 0.861. The molecule has 1 aromatic heterocycles. The smallest absolute Gasteiger partial charge is 0.330 e. The fraction of sp³-hybridized carbons (Fsp3) is 0.412. The second-order valence-corrected chi connectivity index (χ2v) is 5.65. The highest BCUT2D eigenvalue weighted by atomic mass is 16.3. The van der Waals surface area contributed by atoms with Crippen molar-refractivity contribution in [2.75, 3.05) is 11.4 Å². The molecule has 0 amide bonds. The minimum atomic E-state index is -0.473. The monoisotopic (exact) mass is 317 g/mol. The molecule has 0 unspecified atom stereocenters. The van der Waals surface area contributed by atoms with Gasteiger partial charge in [0.1, 0.15) is 0 Å². The molecule has 1 atom stereocenters. The van der Waals surface area contributed by atoms with Gasteiger partial charge in [-0.25, -0.2) is 4.79 Å². The molecule has 1 N–H and O–H groups in total. The molecule has 0 aliphatic heterocycles. The molecule has 0 spiro atoms. The minimum absolute atomic E-state index is 0.327. The third-order valence-corrected chi connectivity index (χ3v) is 4.00. The number of hydrogen-bond donors (Lipinski definition) is 1. The largest absolute Gasteiger partial charge is 0.391 e. The van der Waals surface area contributed by atoms with Crippen LogP contribution in [-0.4, -0.2) is 26.9 Å². The summed E-state index contributed by atoms with van der Waals surface area (Å²) in [7, 11) is 3.11. The van der Waals surface area contributed by atoms with Crippen LogP contribution in [0.4, 0.5) is 5.69 Å². The summed E-state index contributed by atoms with van der Waals surface area (Å²) in [4.78, 5) is 25.9. The van der Waals surface area contributed by atoms with Crippen LogP contribution in [0.5, 0.6) is 0 Å². The molecular formula is C17H23N3O3. The Morgan fingerprint density at radius 1 is 1.13 bits per heavy atom. The first-order valence-electron chi connectivity index (χ1n) is 7.68. The van der Waals surface area contributed by atoms with E-state index in [1.807, 2.05) is 42.2 Å². The maximum Gasteiger partial charge on any atom is 0.330 e. The number of benzene rings is 1. The highest BCUT2D eigenvalue weighted by Crippen LogP contribution is 2.16. The molecule has 0 radical (unpaired) electrons. The first-order valence-corrected chi connectivity index (χ1v) is 7.68.